The summed E-state index contributed by atoms with van der Waals surface area (Å²) < 4.78 is 87.2. The fraction of sp³-hybridized carbons (Fsp3) is 0.786. The van der Waals surface area contributed by atoms with Gasteiger partial charge in [-0.25, -0.2) is 22.0 Å². The molecule has 0 saturated carbocycles. The minimum absolute atomic E-state index is 0.0107. The Morgan fingerprint density at radius 1 is 0.568 bits per heavy atom. The van der Waals surface area contributed by atoms with Gasteiger partial charge in [0, 0.05) is 12.5 Å². The number of hydrogen-bond donors (Lipinski definition) is 1. The summed E-state index contributed by atoms with van der Waals surface area (Å²) in [5.41, 5.74) is -1.01. The smallest absolute Gasteiger partial charge is 0.285 e. The van der Waals surface area contributed by atoms with E-state index in [-0.39, 0.29) is 12.5 Å². The van der Waals surface area contributed by atoms with Crippen LogP contribution in [0.2, 0.25) is 0 Å². The number of unbranched alkanes of at least 4 members (excludes halogenated alkanes) is 5. The van der Waals surface area contributed by atoms with Crippen LogP contribution in [0.5, 0.6) is 0 Å². The molecule has 0 spiro atoms. The lowest BCUT2D eigenvalue weighted by Gasteiger charge is -2.40. The second-order valence-electron chi connectivity index (χ2n) is 9.42. The maximum atomic E-state index is 14.0. The van der Waals surface area contributed by atoms with E-state index >= 15 is 0 Å². The molecule has 1 atom stereocenters. The highest BCUT2D eigenvalue weighted by atomic mass is 19.2. The molecule has 0 fully saturated rings. The predicted molar refractivity (Wildman–Crippen MR) is 137 cm³/mol. The Bertz CT molecular complexity index is 715. The Morgan fingerprint density at radius 3 is 1.49 bits per heavy atom. The van der Waals surface area contributed by atoms with Gasteiger partial charge in [-0.05, 0) is 38.5 Å². The quantitative estimate of drug-likeness (QED) is 0.0525. The number of anilines is 1. The molecule has 0 amide bonds. The normalized spacial score (nSPS) is 12.8. The topological polar surface area (TPSA) is 39.7 Å². The highest BCUT2D eigenvalue weighted by Gasteiger charge is 2.42. The molecule has 0 bridgehead atoms. The first-order valence-corrected chi connectivity index (χ1v) is 14.0. The van der Waals surface area contributed by atoms with E-state index in [2.05, 4.69) is 12.2 Å². The van der Waals surface area contributed by atoms with Crippen molar-refractivity contribution < 1.29 is 36.2 Å². The zero-order valence-electron chi connectivity index (χ0n) is 23.0. The summed E-state index contributed by atoms with van der Waals surface area (Å²) in [7, 11) is 0. The molecule has 9 heteroatoms. The molecule has 0 aromatic heterocycles. The average Bonchev–Trinajstić information content (AvgIpc) is 2.91. The third-order valence-corrected chi connectivity index (χ3v) is 6.17. The van der Waals surface area contributed by atoms with Gasteiger partial charge in [-0.1, -0.05) is 66.2 Å². The van der Waals surface area contributed by atoms with Gasteiger partial charge in [0.15, 0.2) is 23.3 Å². The van der Waals surface area contributed by atoms with Gasteiger partial charge < -0.3 is 19.5 Å². The zero-order valence-corrected chi connectivity index (χ0v) is 23.0. The van der Waals surface area contributed by atoms with Crippen LogP contribution in [0.25, 0.3) is 0 Å². The summed E-state index contributed by atoms with van der Waals surface area (Å²) in [4.78, 5) is 0. The van der Waals surface area contributed by atoms with Crippen molar-refractivity contribution in [3.63, 3.8) is 0 Å². The Hall–Kier alpha value is -1.45. The van der Waals surface area contributed by atoms with Crippen LogP contribution >= 0.6 is 0 Å². The van der Waals surface area contributed by atoms with Crippen LogP contribution in [-0.4, -0.2) is 32.3 Å². The lowest BCUT2D eigenvalue weighted by molar-refractivity contribution is -0.406. The van der Waals surface area contributed by atoms with E-state index in [0.717, 1.165) is 44.9 Å². The second-order valence-corrected chi connectivity index (χ2v) is 9.42. The van der Waals surface area contributed by atoms with Crippen molar-refractivity contribution >= 4 is 5.69 Å². The molecule has 1 aromatic carbocycles. The van der Waals surface area contributed by atoms with Crippen LogP contribution in [-0.2, 0) is 14.2 Å². The summed E-state index contributed by atoms with van der Waals surface area (Å²) in [6, 6.07) is 0. The first kappa shape index (κ1) is 33.6. The molecule has 37 heavy (non-hydrogen) atoms. The third kappa shape index (κ3) is 10.7. The molecule has 1 N–H and O–H groups in total. The Morgan fingerprint density at radius 2 is 1.00 bits per heavy atom. The van der Waals surface area contributed by atoms with Crippen LogP contribution < -0.4 is 5.32 Å². The molecule has 216 valence electrons. The van der Waals surface area contributed by atoms with Crippen molar-refractivity contribution in [1.29, 1.82) is 0 Å². The van der Waals surface area contributed by atoms with E-state index in [0.29, 0.717) is 32.7 Å². The number of hydrogen-bond acceptors (Lipinski definition) is 4. The van der Waals surface area contributed by atoms with Crippen LogP contribution in [0.4, 0.5) is 27.6 Å². The minimum atomic E-state index is -2.17. The second kappa shape index (κ2) is 18.7. The van der Waals surface area contributed by atoms with E-state index in [4.69, 9.17) is 14.2 Å². The molecule has 0 aliphatic heterocycles. The maximum absolute atomic E-state index is 14.0. The van der Waals surface area contributed by atoms with Crippen LogP contribution in [0, 0.1) is 35.0 Å². The molecule has 0 heterocycles. The third-order valence-electron chi connectivity index (χ3n) is 6.17. The number of rotatable bonds is 22. The first-order valence-electron chi connectivity index (χ1n) is 14.0. The number of nitrogens with one attached hydrogen (secondary N) is 1. The number of halogens is 5. The SMILES string of the molecule is CCCCCCCCC(CCCNc1c(F)c(F)c(F)c(F)c1F)C(OCCC)(OCCC)OCCC. The Balaban J connectivity index is 3.01. The fourth-order valence-electron chi connectivity index (χ4n) is 4.20. The molecule has 0 radical (unpaired) electrons. The van der Waals surface area contributed by atoms with Gasteiger partial charge in [0.25, 0.3) is 5.97 Å². The van der Waals surface area contributed by atoms with E-state index in [1.165, 1.54) is 19.3 Å². The number of benzene rings is 1. The van der Waals surface area contributed by atoms with E-state index in [1.54, 1.807) is 0 Å². The van der Waals surface area contributed by atoms with Gasteiger partial charge in [-0.15, -0.1) is 0 Å². The lowest BCUT2D eigenvalue weighted by atomic mass is 9.92. The van der Waals surface area contributed by atoms with E-state index < -0.39 is 40.7 Å². The summed E-state index contributed by atoms with van der Waals surface area (Å²) >= 11 is 0. The highest BCUT2D eigenvalue weighted by Crippen LogP contribution is 2.35. The van der Waals surface area contributed by atoms with E-state index in [9.17, 15) is 22.0 Å². The van der Waals surface area contributed by atoms with Gasteiger partial charge >= 0.3 is 0 Å². The van der Waals surface area contributed by atoms with Crippen molar-refractivity contribution in [1.82, 2.24) is 0 Å². The van der Waals surface area contributed by atoms with Crippen molar-refractivity contribution in [2.75, 3.05) is 31.7 Å². The molecule has 0 saturated heterocycles. The molecule has 1 rings (SSSR count). The Labute approximate surface area is 219 Å². The average molecular weight is 540 g/mol. The van der Waals surface area contributed by atoms with Crippen LogP contribution in [0.15, 0.2) is 0 Å². The van der Waals surface area contributed by atoms with Crippen molar-refractivity contribution in [3.8, 4) is 0 Å². The molecule has 1 aromatic rings. The van der Waals surface area contributed by atoms with Crippen molar-refractivity contribution in [2.45, 2.75) is 111 Å². The first-order chi connectivity index (χ1) is 17.8. The molecular weight excluding hydrogens is 493 g/mol. The van der Waals surface area contributed by atoms with Crippen molar-refractivity contribution in [2.24, 2.45) is 5.92 Å². The molecular formula is C28H46F5NO3. The van der Waals surface area contributed by atoms with E-state index in [1.807, 2.05) is 20.8 Å². The lowest BCUT2D eigenvalue weighted by Crippen LogP contribution is -2.47. The summed E-state index contributed by atoms with van der Waals surface area (Å²) in [5, 5.41) is 2.40. The standard InChI is InChI=1S/C28H46F5NO3/c1-5-9-10-11-12-13-15-21(28(35-18-6-2,36-19-7-3)37-20-8-4)16-14-17-34-27-25(32)23(30)22(29)24(31)26(27)33/h21,34H,5-20H2,1-4H3. The largest absolute Gasteiger partial charge is 0.380 e. The Kier molecular flexibility index (Phi) is 17.0. The van der Waals surface area contributed by atoms with Gasteiger partial charge in [-0.3, -0.25) is 0 Å². The van der Waals surface area contributed by atoms with Gasteiger partial charge in [-0.2, -0.15) is 0 Å². The van der Waals surface area contributed by atoms with Gasteiger partial charge in [0.1, 0.15) is 5.69 Å². The van der Waals surface area contributed by atoms with Gasteiger partial charge in [0.2, 0.25) is 5.82 Å². The molecule has 0 aliphatic rings. The number of ether oxygens (including phenoxy) is 3. The zero-order chi connectivity index (χ0) is 27.7. The summed E-state index contributed by atoms with van der Waals surface area (Å²) in [5.74, 6) is -11.2. The predicted octanol–water partition coefficient (Wildman–Crippen LogP) is 8.87. The minimum Gasteiger partial charge on any atom is -0.380 e. The maximum Gasteiger partial charge on any atom is 0.285 e. The highest BCUT2D eigenvalue weighted by molar-refractivity contribution is 5.47. The molecule has 0 aliphatic carbocycles. The van der Waals surface area contributed by atoms with Gasteiger partial charge in [0.05, 0.1) is 19.8 Å². The summed E-state index contributed by atoms with van der Waals surface area (Å²) in [6.45, 7) is 9.53. The van der Waals surface area contributed by atoms with Crippen LogP contribution in [0.3, 0.4) is 0 Å². The summed E-state index contributed by atoms with van der Waals surface area (Å²) in [6.07, 6.45) is 10.7. The van der Waals surface area contributed by atoms with Crippen molar-refractivity contribution in [3.05, 3.63) is 29.1 Å². The van der Waals surface area contributed by atoms with Crippen LogP contribution in [0.1, 0.15) is 105 Å². The monoisotopic (exact) mass is 539 g/mol. The fourth-order valence-corrected chi connectivity index (χ4v) is 4.20. The molecule has 1 unspecified atom stereocenters. The molecule has 4 nitrogen and oxygen atoms in total.